The minimum Gasteiger partial charge on any atom is -0.302 e. The number of allylic oxidation sites excluding steroid dienone is 2. The summed E-state index contributed by atoms with van der Waals surface area (Å²) in [4.78, 5) is 2.48. The van der Waals surface area contributed by atoms with Gasteiger partial charge < -0.3 is 4.90 Å². The lowest BCUT2D eigenvalue weighted by Crippen LogP contribution is -2.47. The molecule has 0 N–H and O–H groups in total. The molecule has 1 nitrogen and oxygen atoms in total. The summed E-state index contributed by atoms with van der Waals surface area (Å²) in [6.07, 6.45) is 15.8. The Hall–Kier alpha value is -1.08. The van der Waals surface area contributed by atoms with E-state index in [1.807, 2.05) is 0 Å². The molecule has 3 fully saturated rings. The maximum absolute atomic E-state index is 2.68. The van der Waals surface area contributed by atoms with Gasteiger partial charge >= 0.3 is 0 Å². The fraction of sp³-hybridized carbons (Fsp3) is 0.724. The van der Waals surface area contributed by atoms with Crippen LogP contribution in [0.25, 0.3) is 5.57 Å². The van der Waals surface area contributed by atoms with Crippen LogP contribution in [0.1, 0.15) is 81.9 Å². The van der Waals surface area contributed by atoms with Gasteiger partial charge in [0.1, 0.15) is 0 Å². The average Bonchev–Trinajstić information content (AvgIpc) is 3.10. The summed E-state index contributed by atoms with van der Waals surface area (Å²) in [6, 6.07) is 7.49. The topological polar surface area (TPSA) is 3.24 Å². The average molecular weight is 404 g/mol. The predicted octanol–water partition coefficient (Wildman–Crippen LogP) is 6.96. The lowest BCUT2D eigenvalue weighted by atomic mass is 9.49. The molecule has 1 aliphatic heterocycles. The number of hydrogen-bond donors (Lipinski definition) is 0. The number of likely N-dealkylation sites (N-methyl/N-ethyl adjacent to an activating group) is 1. The highest BCUT2D eigenvalue weighted by molar-refractivity contribution is 5.73. The standard InChI is InChI=1S/C29H41N/c1-19-4-8-24-21(16-19)7-9-26-25(24)12-14-29(2)27(10-11-28(26)29)22-6-5-20-13-15-30(3)18-23(20)17-22/h5-6,10,17,19,21,24-26,28H,4,7-9,11-16,18H2,1-3H3/t19-,21-,24-,25+,26+,28-,29+/m0/s1. The van der Waals surface area contributed by atoms with Crippen molar-refractivity contribution in [3.8, 4) is 0 Å². The Kier molecular flexibility index (Phi) is 4.72. The van der Waals surface area contributed by atoms with E-state index in [9.17, 15) is 0 Å². The van der Waals surface area contributed by atoms with Crippen LogP contribution >= 0.6 is 0 Å². The van der Waals surface area contributed by atoms with Crippen LogP contribution in [-0.4, -0.2) is 18.5 Å². The minimum absolute atomic E-state index is 0.421. The first-order valence-corrected chi connectivity index (χ1v) is 13.0. The van der Waals surface area contributed by atoms with Crippen LogP contribution in [0.15, 0.2) is 24.3 Å². The number of hydrogen-bond acceptors (Lipinski definition) is 1. The third-order valence-corrected chi connectivity index (χ3v) is 10.5. The van der Waals surface area contributed by atoms with Crippen molar-refractivity contribution in [2.45, 2.75) is 78.2 Å². The molecule has 1 aromatic rings. The molecule has 1 heterocycles. The van der Waals surface area contributed by atoms with Crippen molar-refractivity contribution in [2.24, 2.45) is 40.9 Å². The van der Waals surface area contributed by atoms with Gasteiger partial charge in [0.05, 0.1) is 0 Å². The molecule has 0 spiro atoms. The molecular weight excluding hydrogens is 362 g/mol. The van der Waals surface area contributed by atoms with E-state index in [4.69, 9.17) is 0 Å². The summed E-state index contributed by atoms with van der Waals surface area (Å²) in [5.74, 6) is 6.05. The van der Waals surface area contributed by atoms with E-state index in [0.717, 1.165) is 42.1 Å². The van der Waals surface area contributed by atoms with Crippen molar-refractivity contribution in [2.75, 3.05) is 13.6 Å². The monoisotopic (exact) mass is 403 g/mol. The van der Waals surface area contributed by atoms with E-state index in [1.54, 1.807) is 22.3 Å². The van der Waals surface area contributed by atoms with Gasteiger partial charge in [-0.15, -0.1) is 0 Å². The van der Waals surface area contributed by atoms with E-state index in [1.165, 1.54) is 64.3 Å². The van der Waals surface area contributed by atoms with Crippen molar-refractivity contribution in [1.82, 2.24) is 4.90 Å². The van der Waals surface area contributed by atoms with Crippen molar-refractivity contribution in [1.29, 1.82) is 0 Å². The van der Waals surface area contributed by atoms with Crippen molar-refractivity contribution >= 4 is 5.57 Å². The van der Waals surface area contributed by atoms with Crippen molar-refractivity contribution in [3.05, 3.63) is 41.0 Å². The summed E-state index contributed by atoms with van der Waals surface area (Å²) < 4.78 is 0. The van der Waals surface area contributed by atoms with E-state index >= 15 is 0 Å². The summed E-state index contributed by atoms with van der Waals surface area (Å²) >= 11 is 0. The molecule has 0 amide bonds. The highest BCUT2D eigenvalue weighted by Gasteiger charge is 2.54. The van der Waals surface area contributed by atoms with E-state index < -0.39 is 0 Å². The molecule has 7 atom stereocenters. The second-order valence-electron chi connectivity index (χ2n) is 12.1. The zero-order valence-corrected chi connectivity index (χ0v) is 19.5. The van der Waals surface area contributed by atoms with Gasteiger partial charge in [-0.3, -0.25) is 0 Å². The van der Waals surface area contributed by atoms with Crippen LogP contribution < -0.4 is 0 Å². The van der Waals surface area contributed by atoms with Crippen LogP contribution in [0.3, 0.4) is 0 Å². The Morgan fingerprint density at radius 1 is 0.967 bits per heavy atom. The third-order valence-electron chi connectivity index (χ3n) is 10.5. The molecule has 6 rings (SSSR count). The van der Waals surface area contributed by atoms with Gasteiger partial charge in [-0.05, 0) is 128 Å². The Labute approximate surface area is 184 Å². The van der Waals surface area contributed by atoms with Crippen LogP contribution in [0.5, 0.6) is 0 Å². The fourth-order valence-electron chi connectivity index (χ4n) is 8.97. The molecule has 0 saturated heterocycles. The summed E-state index contributed by atoms with van der Waals surface area (Å²) in [5.41, 5.74) is 6.85. The minimum atomic E-state index is 0.421. The van der Waals surface area contributed by atoms with Gasteiger partial charge in [-0.25, -0.2) is 0 Å². The molecule has 1 aromatic carbocycles. The van der Waals surface area contributed by atoms with Crippen molar-refractivity contribution < 1.29 is 0 Å². The quantitative estimate of drug-likeness (QED) is 0.490. The Balaban J connectivity index is 1.26. The fourth-order valence-corrected chi connectivity index (χ4v) is 8.97. The molecule has 30 heavy (non-hydrogen) atoms. The SMILES string of the molecule is C[C@H]1CC[C@H]2[C@@H](CC[C@@H]3[C@@H]2CC[C@]2(C)C(c4ccc5c(c4)CN(C)CC5)=CC[C@@H]32)C1. The Morgan fingerprint density at radius 3 is 2.73 bits per heavy atom. The Morgan fingerprint density at radius 2 is 1.83 bits per heavy atom. The molecule has 0 radical (unpaired) electrons. The predicted molar refractivity (Wildman–Crippen MR) is 126 cm³/mol. The molecule has 4 aliphatic carbocycles. The molecule has 0 bridgehead atoms. The second-order valence-corrected chi connectivity index (χ2v) is 12.1. The first-order chi connectivity index (χ1) is 14.5. The van der Waals surface area contributed by atoms with E-state index in [0.29, 0.717) is 5.41 Å². The zero-order chi connectivity index (χ0) is 20.5. The van der Waals surface area contributed by atoms with Gasteiger partial charge in [0, 0.05) is 13.1 Å². The summed E-state index contributed by atoms with van der Waals surface area (Å²) in [6.45, 7) is 7.48. The molecule has 1 heteroatoms. The van der Waals surface area contributed by atoms with Crippen LogP contribution in [0.4, 0.5) is 0 Å². The lowest BCUT2D eigenvalue weighted by Gasteiger charge is -2.56. The first kappa shape index (κ1) is 19.6. The Bertz CT molecular complexity index is 852. The van der Waals surface area contributed by atoms with Crippen LogP contribution in [0.2, 0.25) is 0 Å². The van der Waals surface area contributed by atoms with Gasteiger partial charge in [0.2, 0.25) is 0 Å². The molecule has 5 aliphatic rings. The van der Waals surface area contributed by atoms with Crippen molar-refractivity contribution in [3.63, 3.8) is 0 Å². The number of benzene rings is 1. The number of nitrogens with zero attached hydrogens (tertiary/aromatic N) is 1. The molecule has 0 unspecified atom stereocenters. The molecule has 0 aromatic heterocycles. The normalized spacial score (nSPS) is 43.2. The van der Waals surface area contributed by atoms with Crippen LogP contribution in [0, 0.1) is 40.9 Å². The summed E-state index contributed by atoms with van der Waals surface area (Å²) in [5, 5.41) is 0. The number of fused-ring (bicyclic) bond motifs is 6. The van der Waals surface area contributed by atoms with Gasteiger partial charge in [-0.1, -0.05) is 38.5 Å². The molecule has 3 saturated carbocycles. The lowest BCUT2D eigenvalue weighted by molar-refractivity contribution is -0.0443. The van der Waals surface area contributed by atoms with E-state index in [2.05, 4.69) is 50.1 Å². The molecular formula is C29H41N. The highest BCUT2D eigenvalue weighted by Crippen LogP contribution is 2.64. The molecule has 162 valence electrons. The summed E-state index contributed by atoms with van der Waals surface area (Å²) in [7, 11) is 2.27. The van der Waals surface area contributed by atoms with Gasteiger partial charge in [0.25, 0.3) is 0 Å². The van der Waals surface area contributed by atoms with E-state index in [-0.39, 0.29) is 0 Å². The van der Waals surface area contributed by atoms with Gasteiger partial charge in [0.15, 0.2) is 0 Å². The highest BCUT2D eigenvalue weighted by atomic mass is 15.1. The second kappa shape index (κ2) is 7.22. The van der Waals surface area contributed by atoms with Crippen LogP contribution in [-0.2, 0) is 13.0 Å². The first-order valence-electron chi connectivity index (χ1n) is 13.0. The maximum Gasteiger partial charge on any atom is 0.0233 e. The largest absolute Gasteiger partial charge is 0.302 e. The number of rotatable bonds is 1. The third kappa shape index (κ3) is 2.98. The zero-order valence-electron chi connectivity index (χ0n) is 19.5. The van der Waals surface area contributed by atoms with Gasteiger partial charge in [-0.2, -0.15) is 0 Å². The smallest absolute Gasteiger partial charge is 0.0233 e. The maximum atomic E-state index is 2.68.